The SMILES string of the molecule is CN=C(NCC(C)(C)S(C)(=O)=O)NC1CCC(C(C)C)CC1.I. The van der Waals surface area contributed by atoms with Gasteiger partial charge in [0.25, 0.3) is 0 Å². The van der Waals surface area contributed by atoms with Crippen molar-refractivity contribution in [3.63, 3.8) is 0 Å². The van der Waals surface area contributed by atoms with Gasteiger partial charge in [-0.05, 0) is 51.4 Å². The van der Waals surface area contributed by atoms with E-state index in [2.05, 4.69) is 29.5 Å². The number of rotatable bonds is 5. The van der Waals surface area contributed by atoms with Gasteiger partial charge in [-0.25, -0.2) is 8.42 Å². The Balaban J connectivity index is 0.00000484. The van der Waals surface area contributed by atoms with Crippen LogP contribution < -0.4 is 10.6 Å². The Kier molecular flexibility index (Phi) is 9.42. The second-order valence-corrected chi connectivity index (χ2v) is 10.1. The number of guanidine groups is 1. The third-order valence-corrected chi connectivity index (χ3v) is 7.12. The lowest BCUT2D eigenvalue weighted by molar-refractivity contribution is 0.250. The largest absolute Gasteiger partial charge is 0.355 e. The van der Waals surface area contributed by atoms with Gasteiger partial charge in [-0.1, -0.05) is 13.8 Å². The van der Waals surface area contributed by atoms with Gasteiger partial charge in [0.05, 0.1) is 4.75 Å². The Morgan fingerprint density at radius 3 is 2.13 bits per heavy atom. The van der Waals surface area contributed by atoms with E-state index in [9.17, 15) is 8.42 Å². The summed E-state index contributed by atoms with van der Waals surface area (Å²) >= 11 is 0. The van der Waals surface area contributed by atoms with Crippen molar-refractivity contribution < 1.29 is 8.42 Å². The van der Waals surface area contributed by atoms with Crippen molar-refractivity contribution in [1.82, 2.24) is 10.6 Å². The van der Waals surface area contributed by atoms with Gasteiger partial charge in [0.2, 0.25) is 0 Å². The van der Waals surface area contributed by atoms with Crippen LogP contribution in [-0.2, 0) is 9.84 Å². The summed E-state index contributed by atoms with van der Waals surface area (Å²) in [4.78, 5) is 4.22. The molecule has 1 aliphatic rings. The molecular formula is C16H34IN3O2S. The lowest BCUT2D eigenvalue weighted by Crippen LogP contribution is -2.50. The van der Waals surface area contributed by atoms with Gasteiger partial charge >= 0.3 is 0 Å². The lowest BCUT2D eigenvalue weighted by atomic mass is 9.80. The van der Waals surface area contributed by atoms with E-state index in [0.29, 0.717) is 18.5 Å². The molecule has 0 bridgehead atoms. The quantitative estimate of drug-likeness (QED) is 0.377. The number of hydrogen-bond donors (Lipinski definition) is 2. The summed E-state index contributed by atoms with van der Waals surface area (Å²) in [7, 11) is -1.38. The average Bonchev–Trinajstić information content (AvgIpc) is 2.42. The molecule has 0 amide bonds. The van der Waals surface area contributed by atoms with Crippen LogP contribution in [-0.4, -0.2) is 45.0 Å². The highest BCUT2D eigenvalue weighted by atomic mass is 127. The Labute approximate surface area is 159 Å². The van der Waals surface area contributed by atoms with E-state index in [1.807, 2.05) is 0 Å². The Hall–Kier alpha value is -0.0500. The summed E-state index contributed by atoms with van der Waals surface area (Å²) in [5, 5.41) is 6.59. The van der Waals surface area contributed by atoms with Crippen LogP contribution in [0, 0.1) is 11.8 Å². The maximum Gasteiger partial charge on any atom is 0.191 e. The van der Waals surface area contributed by atoms with Crippen LogP contribution in [0.5, 0.6) is 0 Å². The van der Waals surface area contributed by atoms with E-state index in [1.54, 1.807) is 20.9 Å². The summed E-state index contributed by atoms with van der Waals surface area (Å²) < 4.78 is 22.7. The van der Waals surface area contributed by atoms with Gasteiger partial charge in [-0.3, -0.25) is 4.99 Å². The highest BCUT2D eigenvalue weighted by Gasteiger charge is 2.30. The maximum absolute atomic E-state index is 11.7. The molecule has 23 heavy (non-hydrogen) atoms. The molecule has 138 valence electrons. The summed E-state index contributed by atoms with van der Waals surface area (Å²) in [6, 6.07) is 0.433. The number of nitrogens with zero attached hydrogens (tertiary/aromatic N) is 1. The molecule has 0 aliphatic heterocycles. The minimum absolute atomic E-state index is 0. The molecule has 0 aromatic carbocycles. The second-order valence-electron chi connectivity index (χ2n) is 7.46. The minimum Gasteiger partial charge on any atom is -0.355 e. The van der Waals surface area contributed by atoms with Crippen LogP contribution in [0.1, 0.15) is 53.4 Å². The van der Waals surface area contributed by atoms with Crippen LogP contribution in [0.15, 0.2) is 4.99 Å². The maximum atomic E-state index is 11.7. The molecule has 0 unspecified atom stereocenters. The normalized spacial score (nSPS) is 23.3. The molecule has 2 N–H and O–H groups in total. The average molecular weight is 459 g/mol. The summed E-state index contributed by atoms with van der Waals surface area (Å²) in [6.07, 6.45) is 6.08. The fourth-order valence-corrected chi connectivity index (χ4v) is 3.08. The zero-order valence-electron chi connectivity index (χ0n) is 15.3. The standard InChI is InChI=1S/C16H33N3O2S.HI/c1-12(2)13-7-9-14(10-8-13)19-15(17-5)18-11-16(3,4)22(6,20)21;/h12-14H,7-11H2,1-6H3,(H2,17,18,19);1H. The first-order valence-corrected chi connectivity index (χ1v) is 10.1. The highest BCUT2D eigenvalue weighted by molar-refractivity contribution is 14.0. The number of halogens is 1. The van der Waals surface area contributed by atoms with Crippen molar-refractivity contribution in [1.29, 1.82) is 0 Å². The molecule has 0 radical (unpaired) electrons. The van der Waals surface area contributed by atoms with E-state index in [4.69, 9.17) is 0 Å². The third kappa shape index (κ3) is 7.15. The van der Waals surface area contributed by atoms with E-state index in [1.165, 1.54) is 19.1 Å². The topological polar surface area (TPSA) is 70.6 Å². The van der Waals surface area contributed by atoms with Crippen LogP contribution in [0.25, 0.3) is 0 Å². The van der Waals surface area contributed by atoms with Gasteiger partial charge in [0, 0.05) is 25.9 Å². The lowest BCUT2D eigenvalue weighted by Gasteiger charge is -2.32. The van der Waals surface area contributed by atoms with Crippen LogP contribution in [0.3, 0.4) is 0 Å². The zero-order chi connectivity index (χ0) is 17.0. The van der Waals surface area contributed by atoms with Gasteiger partial charge < -0.3 is 10.6 Å². The molecule has 7 heteroatoms. The molecule has 0 aromatic heterocycles. The van der Waals surface area contributed by atoms with E-state index in [-0.39, 0.29) is 24.0 Å². The van der Waals surface area contributed by atoms with Gasteiger partial charge in [0.1, 0.15) is 0 Å². The fourth-order valence-electron chi connectivity index (χ4n) is 2.75. The zero-order valence-corrected chi connectivity index (χ0v) is 18.5. The first-order chi connectivity index (χ1) is 10.1. The fraction of sp³-hybridized carbons (Fsp3) is 0.938. The Morgan fingerprint density at radius 1 is 1.22 bits per heavy atom. The van der Waals surface area contributed by atoms with E-state index in [0.717, 1.165) is 24.7 Å². The number of hydrogen-bond acceptors (Lipinski definition) is 3. The van der Waals surface area contributed by atoms with Gasteiger partial charge in [0.15, 0.2) is 15.8 Å². The minimum atomic E-state index is -3.10. The van der Waals surface area contributed by atoms with Crippen LogP contribution in [0.2, 0.25) is 0 Å². The molecule has 1 aliphatic carbocycles. The molecule has 1 fully saturated rings. The Bertz CT molecular complexity index is 482. The van der Waals surface area contributed by atoms with Crippen LogP contribution in [0.4, 0.5) is 0 Å². The number of aliphatic imine (C=N–C) groups is 1. The van der Waals surface area contributed by atoms with Crippen molar-refractivity contribution in [3.05, 3.63) is 0 Å². The van der Waals surface area contributed by atoms with E-state index < -0.39 is 14.6 Å². The third-order valence-electron chi connectivity index (χ3n) is 4.96. The molecule has 0 spiro atoms. The first-order valence-electron chi connectivity index (χ1n) is 8.23. The number of nitrogens with one attached hydrogen (secondary N) is 2. The molecule has 0 aromatic rings. The Morgan fingerprint density at radius 2 is 1.74 bits per heavy atom. The molecule has 5 nitrogen and oxygen atoms in total. The van der Waals surface area contributed by atoms with Crippen molar-refractivity contribution >= 4 is 39.8 Å². The summed E-state index contributed by atoms with van der Waals surface area (Å²) in [5.41, 5.74) is 0. The van der Waals surface area contributed by atoms with Crippen LogP contribution >= 0.6 is 24.0 Å². The van der Waals surface area contributed by atoms with Gasteiger partial charge in [-0.2, -0.15) is 0 Å². The van der Waals surface area contributed by atoms with Crippen molar-refractivity contribution in [2.24, 2.45) is 16.8 Å². The van der Waals surface area contributed by atoms with Gasteiger partial charge in [-0.15, -0.1) is 24.0 Å². The van der Waals surface area contributed by atoms with Crippen molar-refractivity contribution in [3.8, 4) is 0 Å². The van der Waals surface area contributed by atoms with E-state index >= 15 is 0 Å². The monoisotopic (exact) mass is 459 g/mol. The second kappa shape index (κ2) is 9.44. The number of sulfone groups is 1. The molecule has 0 saturated heterocycles. The predicted octanol–water partition coefficient (Wildman–Crippen LogP) is 2.81. The van der Waals surface area contributed by atoms with Crippen molar-refractivity contribution in [2.45, 2.75) is 64.2 Å². The molecule has 0 atom stereocenters. The smallest absolute Gasteiger partial charge is 0.191 e. The summed E-state index contributed by atoms with van der Waals surface area (Å²) in [6.45, 7) is 8.41. The molecule has 0 heterocycles. The first kappa shape index (κ1) is 22.9. The molecule has 1 rings (SSSR count). The molecule has 1 saturated carbocycles. The molecular weight excluding hydrogens is 425 g/mol. The van der Waals surface area contributed by atoms with Crippen molar-refractivity contribution in [2.75, 3.05) is 19.8 Å². The summed E-state index contributed by atoms with van der Waals surface area (Å²) in [5.74, 6) is 2.29. The highest BCUT2D eigenvalue weighted by Crippen LogP contribution is 2.29. The predicted molar refractivity (Wildman–Crippen MR) is 109 cm³/mol.